The fraction of sp³-hybridized carbons (Fsp3) is 0.750. The van der Waals surface area contributed by atoms with E-state index in [4.69, 9.17) is 15.9 Å². The smallest absolute Gasteiger partial charge is 0.345 e. The van der Waals surface area contributed by atoms with Gasteiger partial charge in [0, 0.05) is 6.92 Å². The lowest BCUT2D eigenvalue weighted by molar-refractivity contribution is -0.157. The third-order valence-corrected chi connectivity index (χ3v) is 3.89. The highest BCUT2D eigenvalue weighted by Gasteiger charge is 2.42. The van der Waals surface area contributed by atoms with Crippen LogP contribution in [-0.4, -0.2) is 36.6 Å². The molecule has 1 unspecified atom stereocenters. The van der Waals surface area contributed by atoms with Gasteiger partial charge in [-0.3, -0.25) is 9.59 Å². The predicted octanol–water partition coefficient (Wildman–Crippen LogP) is 3.13. The lowest BCUT2D eigenvalue weighted by Gasteiger charge is -2.26. The molecular weight excluding hydrogens is 334 g/mol. The maximum atomic E-state index is 12.4. The molecule has 0 heterocycles. The summed E-state index contributed by atoms with van der Waals surface area (Å²) in [5, 5.41) is 2.39. The Morgan fingerprint density at radius 3 is 1.92 bits per heavy atom. The van der Waals surface area contributed by atoms with E-state index >= 15 is 0 Å². The van der Waals surface area contributed by atoms with Gasteiger partial charge in [-0.25, -0.2) is 4.79 Å². The van der Waals surface area contributed by atoms with Crippen LogP contribution in [0.1, 0.15) is 78.6 Å². The topological polar surface area (TPSA) is 81.7 Å². The van der Waals surface area contributed by atoms with Gasteiger partial charge in [0.1, 0.15) is 0 Å². The highest BCUT2D eigenvalue weighted by Crippen LogP contribution is 2.15. The summed E-state index contributed by atoms with van der Waals surface area (Å²) in [6.07, 6.45) is 12.7. The van der Waals surface area contributed by atoms with E-state index in [1.54, 1.807) is 0 Å². The summed E-state index contributed by atoms with van der Waals surface area (Å²) >= 11 is 0. The van der Waals surface area contributed by atoms with Gasteiger partial charge in [-0.15, -0.1) is 6.42 Å². The first-order valence-electron chi connectivity index (χ1n) is 9.51. The first-order chi connectivity index (χ1) is 12.4. The average Bonchev–Trinajstić information content (AvgIpc) is 2.60. The molecule has 0 saturated carbocycles. The van der Waals surface area contributed by atoms with Gasteiger partial charge in [0.25, 0.3) is 0 Å². The summed E-state index contributed by atoms with van der Waals surface area (Å²) in [5.74, 6) is 0.295. The molecular formula is C20H33NO5. The maximum absolute atomic E-state index is 12.4. The molecule has 6 nitrogen and oxygen atoms in total. The largest absolute Gasteiger partial charge is 0.466 e. The van der Waals surface area contributed by atoms with Crippen LogP contribution < -0.4 is 5.32 Å². The van der Waals surface area contributed by atoms with Crippen LogP contribution in [-0.2, 0) is 23.9 Å². The zero-order chi connectivity index (χ0) is 19.8. The van der Waals surface area contributed by atoms with Gasteiger partial charge in [-0.1, -0.05) is 58.3 Å². The number of hydrogen-bond donors (Lipinski definition) is 1. The number of hydrogen-bond acceptors (Lipinski definition) is 5. The molecule has 0 rings (SSSR count). The van der Waals surface area contributed by atoms with Crippen molar-refractivity contribution in [1.82, 2.24) is 5.32 Å². The lowest BCUT2D eigenvalue weighted by atomic mass is 9.96. The molecule has 1 N–H and O–H groups in total. The number of ether oxygens (including phenoxy) is 2. The van der Waals surface area contributed by atoms with Crippen molar-refractivity contribution in [2.45, 2.75) is 84.1 Å². The number of amides is 1. The highest BCUT2D eigenvalue weighted by atomic mass is 16.5. The van der Waals surface area contributed by atoms with Crippen LogP contribution in [0.3, 0.4) is 0 Å². The predicted molar refractivity (Wildman–Crippen MR) is 100 cm³/mol. The van der Waals surface area contributed by atoms with Crippen molar-refractivity contribution in [2.24, 2.45) is 0 Å². The first-order valence-corrected chi connectivity index (χ1v) is 9.51. The highest BCUT2D eigenvalue weighted by molar-refractivity contribution is 5.94. The van der Waals surface area contributed by atoms with Crippen molar-refractivity contribution >= 4 is 17.8 Å². The van der Waals surface area contributed by atoms with Crippen molar-refractivity contribution in [1.29, 1.82) is 0 Å². The molecule has 6 heteroatoms. The normalized spacial score (nSPS) is 12.5. The van der Waals surface area contributed by atoms with Crippen molar-refractivity contribution in [2.75, 3.05) is 13.2 Å². The molecule has 0 aliphatic rings. The van der Waals surface area contributed by atoms with E-state index in [1.807, 2.05) is 0 Å². The summed E-state index contributed by atoms with van der Waals surface area (Å²) in [7, 11) is 0. The number of rotatable bonds is 14. The Morgan fingerprint density at radius 2 is 1.46 bits per heavy atom. The second-order valence-corrected chi connectivity index (χ2v) is 6.39. The van der Waals surface area contributed by atoms with Gasteiger partial charge >= 0.3 is 11.9 Å². The second kappa shape index (κ2) is 14.2. The fourth-order valence-electron chi connectivity index (χ4n) is 2.41. The quantitative estimate of drug-likeness (QED) is 0.290. The SMILES string of the molecule is C#CC(CC(=O)OCCCCCC)(NC(C)=O)C(=O)OCCCCCC. The number of terminal acetylenes is 1. The first kappa shape index (κ1) is 24.0. The minimum atomic E-state index is -1.82. The second-order valence-electron chi connectivity index (χ2n) is 6.39. The zero-order valence-electron chi connectivity index (χ0n) is 16.4. The van der Waals surface area contributed by atoms with E-state index in [-0.39, 0.29) is 13.2 Å². The number of carbonyl (C=O) groups excluding carboxylic acids is 3. The van der Waals surface area contributed by atoms with E-state index < -0.39 is 29.8 Å². The Bertz CT molecular complexity index is 483. The van der Waals surface area contributed by atoms with Crippen molar-refractivity contribution < 1.29 is 23.9 Å². The van der Waals surface area contributed by atoms with E-state index in [0.717, 1.165) is 44.9 Å². The van der Waals surface area contributed by atoms with Gasteiger partial charge < -0.3 is 14.8 Å². The molecule has 26 heavy (non-hydrogen) atoms. The standard InChI is InChI=1S/C20H33NO5/c1-5-8-10-12-14-25-18(23)16-20(7-3,21-17(4)22)19(24)26-15-13-11-9-6-2/h3H,5-6,8-16H2,1-2,4H3,(H,21,22). The molecule has 0 spiro atoms. The maximum Gasteiger partial charge on any atom is 0.345 e. The molecule has 0 radical (unpaired) electrons. The monoisotopic (exact) mass is 367 g/mol. The third-order valence-electron chi connectivity index (χ3n) is 3.89. The summed E-state index contributed by atoms with van der Waals surface area (Å²) in [4.78, 5) is 36.0. The average molecular weight is 367 g/mol. The zero-order valence-corrected chi connectivity index (χ0v) is 16.4. The molecule has 1 atom stereocenters. The molecule has 0 aliphatic carbocycles. The molecule has 0 aromatic carbocycles. The number of carbonyl (C=O) groups is 3. The van der Waals surface area contributed by atoms with Crippen molar-refractivity contribution in [3.8, 4) is 12.3 Å². The van der Waals surface area contributed by atoms with E-state index in [0.29, 0.717) is 6.42 Å². The van der Waals surface area contributed by atoms with Crippen molar-refractivity contribution in [3.05, 3.63) is 0 Å². The van der Waals surface area contributed by atoms with Crippen LogP contribution in [0, 0.1) is 12.3 Å². The van der Waals surface area contributed by atoms with Crippen LogP contribution in [0.5, 0.6) is 0 Å². The number of unbranched alkanes of at least 4 members (excludes halogenated alkanes) is 6. The molecule has 148 valence electrons. The van der Waals surface area contributed by atoms with Crippen LogP contribution >= 0.6 is 0 Å². The van der Waals surface area contributed by atoms with E-state index in [2.05, 4.69) is 25.1 Å². The fourth-order valence-corrected chi connectivity index (χ4v) is 2.41. The molecule has 0 bridgehead atoms. The van der Waals surface area contributed by atoms with E-state index in [1.165, 1.54) is 6.92 Å². The Morgan fingerprint density at radius 1 is 0.923 bits per heavy atom. The number of esters is 2. The Hall–Kier alpha value is -2.03. The summed E-state index contributed by atoms with van der Waals surface area (Å²) in [6.45, 7) is 5.88. The molecule has 0 fully saturated rings. The summed E-state index contributed by atoms with van der Waals surface area (Å²) in [6, 6.07) is 0. The van der Waals surface area contributed by atoms with Crippen LogP contribution in [0.2, 0.25) is 0 Å². The van der Waals surface area contributed by atoms with Gasteiger partial charge in [0.05, 0.1) is 19.6 Å². The minimum absolute atomic E-state index is 0.202. The van der Waals surface area contributed by atoms with Crippen LogP contribution in [0.15, 0.2) is 0 Å². The Balaban J connectivity index is 4.70. The Kier molecular flexibility index (Phi) is 13.1. The van der Waals surface area contributed by atoms with Gasteiger partial charge in [0.15, 0.2) is 0 Å². The molecule has 0 aromatic heterocycles. The summed E-state index contributed by atoms with van der Waals surface area (Å²) in [5.41, 5.74) is -1.82. The van der Waals surface area contributed by atoms with Gasteiger partial charge in [-0.05, 0) is 12.8 Å². The van der Waals surface area contributed by atoms with E-state index in [9.17, 15) is 14.4 Å². The van der Waals surface area contributed by atoms with Crippen LogP contribution in [0.4, 0.5) is 0 Å². The minimum Gasteiger partial charge on any atom is -0.466 e. The van der Waals surface area contributed by atoms with Crippen molar-refractivity contribution in [3.63, 3.8) is 0 Å². The van der Waals surface area contributed by atoms with Gasteiger partial charge in [-0.2, -0.15) is 0 Å². The molecule has 1 amide bonds. The molecule has 0 saturated heterocycles. The number of nitrogens with one attached hydrogen (secondary N) is 1. The lowest BCUT2D eigenvalue weighted by Crippen LogP contribution is -2.55. The molecule has 0 aliphatic heterocycles. The molecule has 0 aromatic rings. The van der Waals surface area contributed by atoms with Crippen LogP contribution in [0.25, 0.3) is 0 Å². The third kappa shape index (κ3) is 10.1. The Labute approximate surface area is 157 Å². The van der Waals surface area contributed by atoms with Gasteiger partial charge in [0.2, 0.25) is 11.4 Å². The summed E-state index contributed by atoms with van der Waals surface area (Å²) < 4.78 is 10.3.